The highest BCUT2D eigenvalue weighted by Gasteiger charge is 2.15. The van der Waals surface area contributed by atoms with Crippen LogP contribution < -0.4 is 5.32 Å². The fourth-order valence-electron chi connectivity index (χ4n) is 4.04. The smallest absolute Gasteiger partial charge is 0.303 e. The van der Waals surface area contributed by atoms with E-state index in [1.807, 2.05) is 42.5 Å². The molecule has 0 fully saturated rings. The van der Waals surface area contributed by atoms with Crippen LogP contribution in [0.1, 0.15) is 46.6 Å². The van der Waals surface area contributed by atoms with Crippen molar-refractivity contribution in [3.8, 4) is 0 Å². The van der Waals surface area contributed by atoms with Crippen molar-refractivity contribution in [2.24, 2.45) is 0 Å². The summed E-state index contributed by atoms with van der Waals surface area (Å²) in [7, 11) is 0. The van der Waals surface area contributed by atoms with Gasteiger partial charge in [0.1, 0.15) is 0 Å². The molecule has 1 unspecified atom stereocenters. The molecule has 4 nitrogen and oxygen atoms in total. The van der Waals surface area contributed by atoms with Gasteiger partial charge in [-0.2, -0.15) is 0 Å². The van der Waals surface area contributed by atoms with E-state index in [4.69, 9.17) is 5.11 Å². The van der Waals surface area contributed by atoms with Crippen LogP contribution in [-0.4, -0.2) is 23.5 Å². The monoisotopic (exact) mass is 429 g/mol. The van der Waals surface area contributed by atoms with E-state index < -0.39 is 5.97 Å². The van der Waals surface area contributed by atoms with Crippen molar-refractivity contribution in [1.82, 2.24) is 5.32 Å². The Labute approximate surface area is 190 Å². The van der Waals surface area contributed by atoms with Crippen molar-refractivity contribution < 1.29 is 14.7 Å². The molecule has 0 heterocycles. The molecule has 1 amide bonds. The zero-order valence-electron chi connectivity index (χ0n) is 18.6. The maximum Gasteiger partial charge on any atom is 0.303 e. The molecule has 0 radical (unpaired) electrons. The minimum Gasteiger partial charge on any atom is -0.481 e. The van der Waals surface area contributed by atoms with Crippen LogP contribution in [0.25, 0.3) is 0 Å². The first-order chi connectivity index (χ1) is 15.5. The highest BCUT2D eigenvalue weighted by Crippen LogP contribution is 2.26. The normalized spacial score (nSPS) is 11.7. The van der Waals surface area contributed by atoms with Crippen molar-refractivity contribution in [2.75, 3.05) is 6.54 Å². The highest BCUT2D eigenvalue weighted by molar-refractivity contribution is 5.78. The van der Waals surface area contributed by atoms with Crippen molar-refractivity contribution in [1.29, 1.82) is 0 Å². The predicted octanol–water partition coefficient (Wildman–Crippen LogP) is 5.09. The molecule has 0 bridgehead atoms. The SMILES string of the molecule is Cc1ccccc1CCNC(=O)Cc1cccc(CC(CCC(=O)O)c2ccccc2)c1. The molecule has 1 atom stereocenters. The van der Waals surface area contributed by atoms with E-state index >= 15 is 0 Å². The summed E-state index contributed by atoms with van der Waals surface area (Å²) in [6.07, 6.45) is 2.64. The summed E-state index contributed by atoms with van der Waals surface area (Å²) in [5, 5.41) is 12.2. The van der Waals surface area contributed by atoms with E-state index in [1.54, 1.807) is 0 Å². The molecule has 0 saturated heterocycles. The zero-order valence-corrected chi connectivity index (χ0v) is 18.6. The van der Waals surface area contributed by atoms with Gasteiger partial charge in [-0.05, 0) is 59.9 Å². The number of hydrogen-bond acceptors (Lipinski definition) is 2. The Balaban J connectivity index is 1.57. The van der Waals surface area contributed by atoms with E-state index in [0.29, 0.717) is 19.4 Å². The Morgan fingerprint density at radius 1 is 0.906 bits per heavy atom. The van der Waals surface area contributed by atoms with Crippen LogP contribution in [-0.2, 0) is 28.9 Å². The average molecular weight is 430 g/mol. The number of carboxylic acids is 1. The molecule has 0 aromatic heterocycles. The molecule has 3 aromatic carbocycles. The van der Waals surface area contributed by atoms with Gasteiger partial charge in [0.05, 0.1) is 6.42 Å². The average Bonchev–Trinajstić information content (AvgIpc) is 2.78. The lowest BCUT2D eigenvalue weighted by molar-refractivity contribution is -0.137. The van der Waals surface area contributed by atoms with E-state index in [9.17, 15) is 9.59 Å². The molecule has 32 heavy (non-hydrogen) atoms. The molecule has 4 heteroatoms. The molecule has 166 valence electrons. The first-order valence-electron chi connectivity index (χ1n) is 11.2. The second-order valence-electron chi connectivity index (χ2n) is 8.27. The van der Waals surface area contributed by atoms with E-state index in [2.05, 4.69) is 48.6 Å². The number of carboxylic acid groups (broad SMARTS) is 1. The number of aryl methyl sites for hydroxylation is 1. The van der Waals surface area contributed by atoms with Crippen molar-refractivity contribution in [3.63, 3.8) is 0 Å². The minimum absolute atomic E-state index is 0.0150. The first-order valence-corrected chi connectivity index (χ1v) is 11.2. The van der Waals surface area contributed by atoms with Crippen molar-refractivity contribution in [2.45, 2.75) is 44.9 Å². The lowest BCUT2D eigenvalue weighted by Crippen LogP contribution is -2.27. The van der Waals surface area contributed by atoms with Gasteiger partial charge in [0.25, 0.3) is 0 Å². The third kappa shape index (κ3) is 7.38. The molecule has 0 aliphatic carbocycles. The highest BCUT2D eigenvalue weighted by atomic mass is 16.4. The second-order valence-corrected chi connectivity index (χ2v) is 8.27. The Morgan fingerprint density at radius 3 is 2.38 bits per heavy atom. The number of amides is 1. The number of carbonyl (C=O) groups is 2. The number of nitrogens with one attached hydrogen (secondary N) is 1. The van der Waals surface area contributed by atoms with Crippen LogP contribution in [0.3, 0.4) is 0 Å². The summed E-state index contributed by atoms with van der Waals surface area (Å²) in [4.78, 5) is 23.6. The summed E-state index contributed by atoms with van der Waals surface area (Å²) in [5.74, 6) is -0.631. The van der Waals surface area contributed by atoms with Crippen LogP contribution >= 0.6 is 0 Å². The number of aliphatic carboxylic acids is 1. The van der Waals surface area contributed by atoms with Crippen molar-refractivity contribution >= 4 is 11.9 Å². The summed E-state index contributed by atoms with van der Waals surface area (Å²) in [6.45, 7) is 2.70. The van der Waals surface area contributed by atoms with Gasteiger partial charge in [0, 0.05) is 13.0 Å². The van der Waals surface area contributed by atoms with Crippen molar-refractivity contribution in [3.05, 3.63) is 107 Å². The Kier molecular flexibility index (Phi) is 8.61. The van der Waals surface area contributed by atoms with Gasteiger partial charge >= 0.3 is 5.97 Å². The molecule has 3 aromatic rings. The molecule has 0 spiro atoms. The van der Waals surface area contributed by atoms with Crippen LogP contribution in [0.4, 0.5) is 0 Å². The minimum atomic E-state index is -0.776. The van der Waals surface area contributed by atoms with Crippen LogP contribution in [0.5, 0.6) is 0 Å². The summed E-state index contributed by atoms with van der Waals surface area (Å²) in [6, 6.07) is 26.3. The standard InChI is InChI=1S/C28H31NO3/c1-21-8-5-6-11-24(21)16-17-29-27(30)20-23-10-7-9-22(18-23)19-26(14-15-28(31)32)25-12-3-2-4-13-25/h2-13,18,26H,14-17,19-20H2,1H3,(H,29,30)(H,31,32). The fraction of sp³-hybridized carbons (Fsp3) is 0.286. The molecular formula is C28H31NO3. The summed E-state index contributed by atoms with van der Waals surface area (Å²) >= 11 is 0. The molecule has 0 aliphatic heterocycles. The predicted molar refractivity (Wildman–Crippen MR) is 128 cm³/mol. The second kappa shape index (κ2) is 11.8. The zero-order chi connectivity index (χ0) is 22.8. The largest absolute Gasteiger partial charge is 0.481 e. The molecule has 3 rings (SSSR count). The summed E-state index contributed by atoms with van der Waals surface area (Å²) in [5.41, 5.74) is 5.73. The van der Waals surface area contributed by atoms with Crippen LogP contribution in [0.15, 0.2) is 78.9 Å². The van der Waals surface area contributed by atoms with E-state index in [-0.39, 0.29) is 18.2 Å². The molecular weight excluding hydrogens is 398 g/mol. The Bertz CT molecular complexity index is 1030. The van der Waals surface area contributed by atoms with Gasteiger partial charge in [0.2, 0.25) is 5.91 Å². The van der Waals surface area contributed by atoms with Gasteiger partial charge in [-0.1, -0.05) is 78.9 Å². The number of benzene rings is 3. The quantitative estimate of drug-likeness (QED) is 0.446. The Hall–Kier alpha value is -3.40. The van der Waals surface area contributed by atoms with Gasteiger partial charge in [0.15, 0.2) is 0 Å². The fourth-order valence-corrected chi connectivity index (χ4v) is 4.04. The number of rotatable bonds is 11. The van der Waals surface area contributed by atoms with Gasteiger partial charge in [-0.25, -0.2) is 0 Å². The molecule has 0 saturated carbocycles. The lowest BCUT2D eigenvalue weighted by atomic mass is 9.87. The molecule has 2 N–H and O–H groups in total. The van der Waals surface area contributed by atoms with Gasteiger partial charge in [-0.3, -0.25) is 9.59 Å². The third-order valence-electron chi connectivity index (χ3n) is 5.79. The van der Waals surface area contributed by atoms with Crippen LogP contribution in [0.2, 0.25) is 0 Å². The number of hydrogen-bond donors (Lipinski definition) is 2. The third-order valence-corrected chi connectivity index (χ3v) is 5.79. The first kappa shape index (κ1) is 23.3. The summed E-state index contributed by atoms with van der Waals surface area (Å²) < 4.78 is 0. The van der Waals surface area contributed by atoms with Crippen LogP contribution in [0, 0.1) is 6.92 Å². The molecule has 0 aliphatic rings. The maximum atomic E-state index is 12.4. The van der Waals surface area contributed by atoms with Gasteiger partial charge in [-0.15, -0.1) is 0 Å². The van der Waals surface area contributed by atoms with E-state index in [0.717, 1.165) is 29.5 Å². The Morgan fingerprint density at radius 2 is 1.62 bits per heavy atom. The lowest BCUT2D eigenvalue weighted by Gasteiger charge is -2.17. The maximum absolute atomic E-state index is 12.4. The number of carbonyl (C=O) groups excluding carboxylic acids is 1. The van der Waals surface area contributed by atoms with E-state index in [1.165, 1.54) is 11.1 Å². The van der Waals surface area contributed by atoms with Gasteiger partial charge < -0.3 is 10.4 Å². The topological polar surface area (TPSA) is 66.4 Å².